The zero-order valence-corrected chi connectivity index (χ0v) is 11.5. The van der Waals surface area contributed by atoms with Crippen molar-refractivity contribution >= 4 is 16.7 Å². The molecule has 0 atom stereocenters. The van der Waals surface area contributed by atoms with E-state index in [1.807, 2.05) is 30.3 Å². The first-order valence-electron chi connectivity index (χ1n) is 7.14. The lowest BCUT2D eigenvalue weighted by Crippen LogP contribution is -2.33. The minimum atomic E-state index is 0.163. The zero-order valence-electron chi connectivity index (χ0n) is 11.5. The number of pyridine rings is 1. The molecule has 1 aromatic carbocycles. The highest BCUT2D eigenvalue weighted by Crippen LogP contribution is 2.16. The number of para-hydroxylation sites is 1. The predicted molar refractivity (Wildman–Crippen MR) is 80.0 cm³/mol. The van der Waals surface area contributed by atoms with E-state index in [4.69, 9.17) is 0 Å². The third kappa shape index (κ3) is 2.86. The lowest BCUT2D eigenvalue weighted by Gasteiger charge is -2.18. The number of carbonyl (C=O) groups excluding carboxylic acids is 1. The molecule has 4 heteroatoms. The summed E-state index contributed by atoms with van der Waals surface area (Å²) < 4.78 is 0. The van der Waals surface area contributed by atoms with Gasteiger partial charge in [-0.2, -0.15) is 0 Å². The van der Waals surface area contributed by atoms with Crippen LogP contribution in [0.25, 0.3) is 10.9 Å². The summed E-state index contributed by atoms with van der Waals surface area (Å²) >= 11 is 0. The first kappa shape index (κ1) is 13.2. The Morgan fingerprint density at radius 1 is 1.20 bits per heavy atom. The summed E-state index contributed by atoms with van der Waals surface area (Å²) in [5, 5.41) is 4.38. The molecule has 0 unspecified atom stereocenters. The number of carbonyl (C=O) groups is 1. The third-order valence-corrected chi connectivity index (χ3v) is 3.73. The van der Waals surface area contributed by atoms with E-state index in [-0.39, 0.29) is 5.78 Å². The molecular formula is C16H19N3O. The molecule has 2 heterocycles. The fourth-order valence-corrected chi connectivity index (χ4v) is 2.68. The molecule has 1 aliphatic rings. The molecule has 1 aliphatic heterocycles. The van der Waals surface area contributed by atoms with Crippen molar-refractivity contribution in [3.8, 4) is 0 Å². The second-order valence-electron chi connectivity index (χ2n) is 5.18. The number of nitrogens with zero attached hydrogens (tertiary/aromatic N) is 2. The number of Topliss-reactive ketones (excluding diaryl/α,β-unsaturated/α-hetero) is 1. The number of hydrogen-bond donors (Lipinski definition) is 1. The van der Waals surface area contributed by atoms with Crippen LogP contribution in [-0.4, -0.2) is 48.4 Å². The lowest BCUT2D eigenvalue weighted by atomic mass is 10.1. The molecule has 3 rings (SSSR count). The molecule has 4 nitrogen and oxygen atoms in total. The standard InChI is InChI=1S/C16H19N3O/c20-15(12-19-10-3-7-17-9-11-19)14-6-1-4-13-5-2-8-18-16(13)14/h1-2,4-6,8,17H,3,7,9-12H2. The van der Waals surface area contributed by atoms with Gasteiger partial charge in [-0.25, -0.2) is 0 Å². The van der Waals surface area contributed by atoms with Gasteiger partial charge in [0.05, 0.1) is 12.1 Å². The van der Waals surface area contributed by atoms with Crippen LogP contribution in [0, 0.1) is 0 Å². The van der Waals surface area contributed by atoms with Crippen molar-refractivity contribution in [2.75, 3.05) is 32.7 Å². The van der Waals surface area contributed by atoms with Crippen LogP contribution >= 0.6 is 0 Å². The van der Waals surface area contributed by atoms with E-state index >= 15 is 0 Å². The largest absolute Gasteiger partial charge is 0.315 e. The molecular weight excluding hydrogens is 250 g/mol. The van der Waals surface area contributed by atoms with E-state index in [1.54, 1.807) is 6.20 Å². The van der Waals surface area contributed by atoms with Gasteiger partial charge < -0.3 is 5.32 Å². The number of fused-ring (bicyclic) bond motifs is 1. The summed E-state index contributed by atoms with van der Waals surface area (Å²) in [5.41, 5.74) is 1.55. The Morgan fingerprint density at radius 3 is 3.05 bits per heavy atom. The highest BCUT2D eigenvalue weighted by Gasteiger charge is 2.16. The molecule has 20 heavy (non-hydrogen) atoms. The molecule has 1 N–H and O–H groups in total. The van der Waals surface area contributed by atoms with E-state index in [0.717, 1.165) is 49.1 Å². The summed E-state index contributed by atoms with van der Waals surface area (Å²) in [4.78, 5) is 19.1. The van der Waals surface area contributed by atoms with E-state index in [9.17, 15) is 4.79 Å². The molecule has 2 aromatic rings. The normalized spacial score (nSPS) is 17.0. The maximum atomic E-state index is 12.5. The summed E-state index contributed by atoms with van der Waals surface area (Å²) in [5.74, 6) is 0.163. The maximum absolute atomic E-state index is 12.5. The van der Waals surface area contributed by atoms with Gasteiger partial charge >= 0.3 is 0 Å². The van der Waals surface area contributed by atoms with Crippen LogP contribution in [0.15, 0.2) is 36.5 Å². The molecule has 104 valence electrons. The second-order valence-corrected chi connectivity index (χ2v) is 5.18. The van der Waals surface area contributed by atoms with E-state index in [0.29, 0.717) is 6.54 Å². The Morgan fingerprint density at radius 2 is 2.10 bits per heavy atom. The average molecular weight is 269 g/mol. The van der Waals surface area contributed by atoms with Gasteiger partial charge in [0.2, 0.25) is 0 Å². The Kier molecular flexibility index (Phi) is 4.04. The molecule has 0 aliphatic carbocycles. The quantitative estimate of drug-likeness (QED) is 0.862. The molecule has 0 saturated carbocycles. The molecule has 0 bridgehead atoms. The first-order valence-corrected chi connectivity index (χ1v) is 7.14. The summed E-state index contributed by atoms with van der Waals surface area (Å²) in [6.07, 6.45) is 2.84. The number of aromatic nitrogens is 1. The number of rotatable bonds is 3. The average Bonchev–Trinajstić information content (AvgIpc) is 2.75. The number of ketones is 1. The fraction of sp³-hybridized carbons (Fsp3) is 0.375. The Hall–Kier alpha value is -1.78. The maximum Gasteiger partial charge on any atom is 0.179 e. The Bertz CT molecular complexity index is 598. The van der Waals surface area contributed by atoms with Crippen LogP contribution in [0.1, 0.15) is 16.8 Å². The van der Waals surface area contributed by atoms with Gasteiger partial charge in [-0.3, -0.25) is 14.7 Å². The molecule has 1 fully saturated rings. The van der Waals surface area contributed by atoms with Crippen molar-refractivity contribution in [2.45, 2.75) is 6.42 Å². The number of benzene rings is 1. The molecule has 0 spiro atoms. The fourth-order valence-electron chi connectivity index (χ4n) is 2.68. The predicted octanol–water partition coefficient (Wildman–Crippen LogP) is 1.71. The van der Waals surface area contributed by atoms with Crippen LogP contribution < -0.4 is 5.32 Å². The van der Waals surface area contributed by atoms with Crippen molar-refractivity contribution in [3.05, 3.63) is 42.1 Å². The highest BCUT2D eigenvalue weighted by molar-refractivity contribution is 6.07. The minimum absolute atomic E-state index is 0.163. The summed E-state index contributed by atoms with van der Waals surface area (Å²) in [6, 6.07) is 9.70. The van der Waals surface area contributed by atoms with Gasteiger partial charge in [-0.1, -0.05) is 18.2 Å². The molecule has 1 saturated heterocycles. The van der Waals surface area contributed by atoms with Crippen LogP contribution in [0.2, 0.25) is 0 Å². The van der Waals surface area contributed by atoms with Gasteiger partial charge in [-0.05, 0) is 31.6 Å². The summed E-state index contributed by atoms with van der Waals surface area (Å²) in [6.45, 7) is 4.40. The van der Waals surface area contributed by atoms with Gasteiger partial charge in [0, 0.05) is 30.2 Å². The first-order chi connectivity index (χ1) is 9.84. The lowest BCUT2D eigenvalue weighted by molar-refractivity contribution is 0.0936. The third-order valence-electron chi connectivity index (χ3n) is 3.73. The topological polar surface area (TPSA) is 45.2 Å². The number of hydrogen-bond acceptors (Lipinski definition) is 4. The Balaban J connectivity index is 1.81. The second kappa shape index (κ2) is 6.11. The van der Waals surface area contributed by atoms with Crippen molar-refractivity contribution in [3.63, 3.8) is 0 Å². The number of nitrogens with one attached hydrogen (secondary N) is 1. The SMILES string of the molecule is O=C(CN1CCCNCC1)c1cccc2cccnc12. The molecule has 0 amide bonds. The Labute approximate surface area is 118 Å². The summed E-state index contributed by atoms with van der Waals surface area (Å²) in [7, 11) is 0. The van der Waals surface area contributed by atoms with Crippen LogP contribution in [0.3, 0.4) is 0 Å². The van der Waals surface area contributed by atoms with Crippen LogP contribution in [0.4, 0.5) is 0 Å². The highest BCUT2D eigenvalue weighted by atomic mass is 16.1. The van der Waals surface area contributed by atoms with Gasteiger partial charge in [0.25, 0.3) is 0 Å². The zero-order chi connectivity index (χ0) is 13.8. The van der Waals surface area contributed by atoms with Crippen molar-refractivity contribution in [1.29, 1.82) is 0 Å². The van der Waals surface area contributed by atoms with Crippen LogP contribution in [0.5, 0.6) is 0 Å². The van der Waals surface area contributed by atoms with Gasteiger partial charge in [-0.15, -0.1) is 0 Å². The molecule has 1 aromatic heterocycles. The van der Waals surface area contributed by atoms with E-state index < -0.39 is 0 Å². The monoisotopic (exact) mass is 269 g/mol. The van der Waals surface area contributed by atoms with E-state index in [1.165, 1.54) is 0 Å². The van der Waals surface area contributed by atoms with Crippen molar-refractivity contribution < 1.29 is 4.79 Å². The van der Waals surface area contributed by atoms with Gasteiger partial charge in [0.15, 0.2) is 5.78 Å². The minimum Gasteiger partial charge on any atom is -0.315 e. The van der Waals surface area contributed by atoms with Crippen molar-refractivity contribution in [2.24, 2.45) is 0 Å². The smallest absolute Gasteiger partial charge is 0.179 e. The van der Waals surface area contributed by atoms with Crippen molar-refractivity contribution in [1.82, 2.24) is 15.2 Å². The van der Waals surface area contributed by atoms with Crippen LogP contribution in [-0.2, 0) is 0 Å². The van der Waals surface area contributed by atoms with E-state index in [2.05, 4.69) is 15.2 Å². The van der Waals surface area contributed by atoms with Gasteiger partial charge in [0.1, 0.15) is 0 Å². The molecule has 0 radical (unpaired) electrons.